The number of amides is 1. The second-order valence-corrected chi connectivity index (χ2v) is 7.59. The van der Waals surface area contributed by atoms with E-state index in [1.54, 1.807) is 31.2 Å². The van der Waals surface area contributed by atoms with Crippen LogP contribution in [-0.2, 0) is 14.3 Å². The molecule has 1 spiro atoms. The molecule has 2 aromatic rings. The van der Waals surface area contributed by atoms with E-state index in [-0.39, 0.29) is 17.5 Å². The molecule has 2 aromatic carbocycles. The third-order valence-electron chi connectivity index (χ3n) is 5.52. The molecular weight excluding hydrogens is 369 g/mol. The number of hydrogen-bond acceptors (Lipinski definition) is 3. The molecule has 0 bridgehead atoms. The van der Waals surface area contributed by atoms with Crippen molar-refractivity contribution in [1.29, 1.82) is 0 Å². The number of carbonyl (C=O) groups excluding carboxylic acids is 2. The van der Waals surface area contributed by atoms with Crippen LogP contribution in [0.4, 0.5) is 4.39 Å². The lowest BCUT2D eigenvalue weighted by Gasteiger charge is -2.31. The Kier molecular flexibility index (Phi) is 4.52. The molecule has 0 saturated carbocycles. The molecule has 2 saturated heterocycles. The number of carbonyl (C=O) groups is 2. The van der Waals surface area contributed by atoms with Crippen LogP contribution in [-0.4, -0.2) is 30.4 Å². The molecule has 4 nitrogen and oxygen atoms in total. The lowest BCUT2D eigenvalue weighted by atomic mass is 9.81. The van der Waals surface area contributed by atoms with Gasteiger partial charge < -0.3 is 10.1 Å². The highest BCUT2D eigenvalue weighted by atomic mass is 35.5. The molecule has 2 fully saturated rings. The van der Waals surface area contributed by atoms with E-state index in [4.69, 9.17) is 16.3 Å². The molecule has 1 amide bonds. The van der Waals surface area contributed by atoms with Crippen LogP contribution in [0.1, 0.15) is 29.9 Å². The fraction of sp³-hybridized carbons (Fsp3) is 0.333. The van der Waals surface area contributed by atoms with Crippen molar-refractivity contribution in [2.24, 2.45) is 0 Å². The van der Waals surface area contributed by atoms with Crippen molar-refractivity contribution in [1.82, 2.24) is 5.32 Å². The van der Waals surface area contributed by atoms with E-state index in [0.717, 1.165) is 0 Å². The molecule has 1 atom stereocenters. The van der Waals surface area contributed by atoms with Crippen LogP contribution in [0, 0.1) is 12.7 Å². The average molecular weight is 388 g/mol. The molecule has 2 aliphatic rings. The third-order valence-corrected chi connectivity index (χ3v) is 5.86. The Balaban J connectivity index is 1.74. The van der Waals surface area contributed by atoms with E-state index >= 15 is 0 Å². The summed E-state index contributed by atoms with van der Waals surface area (Å²) in [7, 11) is 0. The van der Waals surface area contributed by atoms with Crippen LogP contribution in [0.3, 0.4) is 0 Å². The van der Waals surface area contributed by atoms with Crippen molar-refractivity contribution >= 4 is 23.3 Å². The lowest BCUT2D eigenvalue weighted by Crippen LogP contribution is -2.50. The first-order chi connectivity index (χ1) is 12.9. The van der Waals surface area contributed by atoms with Gasteiger partial charge in [0, 0.05) is 31.1 Å². The Hall–Kier alpha value is -2.24. The first kappa shape index (κ1) is 18.1. The molecule has 1 N–H and O–H groups in total. The van der Waals surface area contributed by atoms with Gasteiger partial charge in [0.05, 0.1) is 0 Å². The molecule has 140 valence electrons. The highest BCUT2D eigenvalue weighted by Crippen LogP contribution is 2.39. The summed E-state index contributed by atoms with van der Waals surface area (Å²) in [5.74, 6) is -1.76. The van der Waals surface area contributed by atoms with Gasteiger partial charge in [-0.15, -0.1) is 0 Å². The van der Waals surface area contributed by atoms with Crippen LogP contribution >= 0.6 is 11.6 Å². The molecule has 4 rings (SSSR count). The van der Waals surface area contributed by atoms with Crippen molar-refractivity contribution in [3.05, 3.63) is 58.4 Å². The van der Waals surface area contributed by atoms with Crippen LogP contribution in [0.15, 0.2) is 36.4 Å². The van der Waals surface area contributed by atoms with Gasteiger partial charge in [0.15, 0.2) is 5.78 Å². The minimum absolute atomic E-state index is 0.162. The van der Waals surface area contributed by atoms with Gasteiger partial charge in [0.1, 0.15) is 17.3 Å². The van der Waals surface area contributed by atoms with E-state index in [0.29, 0.717) is 53.3 Å². The summed E-state index contributed by atoms with van der Waals surface area (Å²) in [6, 6.07) is 10.1. The largest absolute Gasteiger partial charge is 0.381 e. The fourth-order valence-corrected chi connectivity index (χ4v) is 4.08. The molecule has 0 aromatic heterocycles. The Morgan fingerprint density at radius 3 is 2.48 bits per heavy atom. The number of rotatable bonds is 2. The fourth-order valence-electron chi connectivity index (χ4n) is 3.86. The number of ether oxygens (including phenoxy) is 1. The molecule has 1 unspecified atom stereocenters. The lowest BCUT2D eigenvalue weighted by molar-refractivity contribution is -0.127. The normalized spacial score (nSPS) is 21.5. The Bertz CT molecular complexity index is 937. The van der Waals surface area contributed by atoms with Gasteiger partial charge in [-0.25, -0.2) is 4.39 Å². The van der Waals surface area contributed by atoms with Gasteiger partial charge in [0.2, 0.25) is 5.91 Å². The standard InChI is InChI=1S/C21H19ClFNO3/c1-12-2-3-14(11-17(12)23)13-4-5-16(22)15(10-13)18-19(25)21(24-20(18)26)6-8-27-9-7-21/h2-5,10-11,18H,6-9H2,1H3,(H,24,26). The maximum Gasteiger partial charge on any atom is 0.236 e. The SMILES string of the molecule is Cc1ccc(-c2ccc(Cl)c(C3C(=O)NC4(CCOCC4)C3=O)c2)cc1F. The molecule has 27 heavy (non-hydrogen) atoms. The van der Waals surface area contributed by atoms with Crippen molar-refractivity contribution in [3.8, 4) is 11.1 Å². The zero-order chi connectivity index (χ0) is 19.2. The first-order valence-corrected chi connectivity index (χ1v) is 9.29. The zero-order valence-electron chi connectivity index (χ0n) is 14.9. The summed E-state index contributed by atoms with van der Waals surface area (Å²) >= 11 is 6.35. The molecule has 6 heteroatoms. The summed E-state index contributed by atoms with van der Waals surface area (Å²) in [6.45, 7) is 2.57. The number of Topliss-reactive ketones (excluding diaryl/α,β-unsaturated/α-hetero) is 1. The Morgan fingerprint density at radius 2 is 1.78 bits per heavy atom. The number of nitrogens with one attached hydrogen (secondary N) is 1. The number of ketones is 1. The maximum absolute atomic E-state index is 14.0. The number of hydrogen-bond donors (Lipinski definition) is 1. The molecular formula is C21H19ClFNO3. The number of halogens is 2. The first-order valence-electron chi connectivity index (χ1n) is 8.91. The minimum Gasteiger partial charge on any atom is -0.381 e. The Labute approximate surface area is 161 Å². The zero-order valence-corrected chi connectivity index (χ0v) is 15.6. The number of aryl methyl sites for hydroxylation is 1. The minimum atomic E-state index is -0.953. The van der Waals surface area contributed by atoms with Gasteiger partial charge in [-0.1, -0.05) is 29.8 Å². The van der Waals surface area contributed by atoms with Gasteiger partial charge in [-0.3, -0.25) is 9.59 Å². The monoisotopic (exact) mass is 387 g/mol. The smallest absolute Gasteiger partial charge is 0.236 e. The molecule has 0 aliphatic carbocycles. The maximum atomic E-state index is 14.0. The highest BCUT2D eigenvalue weighted by Gasteiger charge is 2.53. The summed E-state index contributed by atoms with van der Waals surface area (Å²) in [6.07, 6.45) is 0.934. The quantitative estimate of drug-likeness (QED) is 0.798. The topological polar surface area (TPSA) is 55.4 Å². The van der Waals surface area contributed by atoms with Gasteiger partial charge >= 0.3 is 0 Å². The van der Waals surface area contributed by atoms with Gasteiger partial charge in [-0.05, 0) is 47.4 Å². The Morgan fingerprint density at radius 1 is 1.11 bits per heavy atom. The van der Waals surface area contributed by atoms with Crippen molar-refractivity contribution in [3.63, 3.8) is 0 Å². The van der Waals surface area contributed by atoms with Crippen LogP contribution in [0.25, 0.3) is 11.1 Å². The van der Waals surface area contributed by atoms with E-state index in [1.165, 1.54) is 6.07 Å². The highest BCUT2D eigenvalue weighted by molar-refractivity contribution is 6.33. The summed E-state index contributed by atoms with van der Waals surface area (Å²) in [5.41, 5.74) is 1.53. The molecule has 2 aliphatic heterocycles. The predicted molar refractivity (Wildman–Crippen MR) is 100 cm³/mol. The van der Waals surface area contributed by atoms with E-state index in [9.17, 15) is 14.0 Å². The van der Waals surface area contributed by atoms with Crippen LogP contribution in [0.5, 0.6) is 0 Å². The van der Waals surface area contributed by atoms with Crippen molar-refractivity contribution < 1.29 is 18.7 Å². The van der Waals surface area contributed by atoms with Crippen molar-refractivity contribution in [2.75, 3.05) is 13.2 Å². The van der Waals surface area contributed by atoms with E-state index < -0.39 is 11.5 Å². The van der Waals surface area contributed by atoms with Gasteiger partial charge in [-0.2, -0.15) is 0 Å². The predicted octanol–water partition coefficient (Wildman–Crippen LogP) is 3.79. The van der Waals surface area contributed by atoms with E-state index in [1.807, 2.05) is 6.07 Å². The van der Waals surface area contributed by atoms with Crippen LogP contribution in [0.2, 0.25) is 5.02 Å². The third kappa shape index (κ3) is 3.05. The average Bonchev–Trinajstić information content (AvgIpc) is 2.88. The second-order valence-electron chi connectivity index (χ2n) is 7.18. The summed E-state index contributed by atoms with van der Waals surface area (Å²) < 4.78 is 19.3. The molecule has 2 heterocycles. The summed E-state index contributed by atoms with van der Waals surface area (Å²) in [5, 5.41) is 3.23. The van der Waals surface area contributed by atoms with E-state index in [2.05, 4.69) is 5.32 Å². The van der Waals surface area contributed by atoms with Crippen LogP contribution < -0.4 is 5.32 Å². The summed E-state index contributed by atoms with van der Waals surface area (Å²) in [4.78, 5) is 25.8. The number of benzene rings is 2. The van der Waals surface area contributed by atoms with Crippen molar-refractivity contribution in [2.45, 2.75) is 31.2 Å². The second kappa shape index (κ2) is 6.73. The van der Waals surface area contributed by atoms with Gasteiger partial charge in [0.25, 0.3) is 0 Å². The molecule has 0 radical (unpaired) electrons.